The third-order valence-electron chi connectivity index (χ3n) is 9.78. The molecular formula is C38H46Cl2N11O2+. The van der Waals surface area contributed by atoms with Gasteiger partial charge in [0.05, 0.1) is 29.3 Å². The van der Waals surface area contributed by atoms with Gasteiger partial charge in [-0.15, -0.1) is 0 Å². The topological polar surface area (TPSA) is 153 Å². The number of aromatic nitrogens is 5. The highest BCUT2D eigenvalue weighted by Crippen LogP contribution is 2.33. The lowest BCUT2D eigenvalue weighted by Crippen LogP contribution is -2.56. The number of H-pyrrole nitrogens is 1. The molecule has 2 saturated heterocycles. The van der Waals surface area contributed by atoms with Crippen LogP contribution in [-0.2, 0) is 6.54 Å². The first-order valence-electron chi connectivity index (χ1n) is 18.0. The molecule has 0 spiro atoms. The number of nitrogen functional groups attached to an aromatic ring is 1. The van der Waals surface area contributed by atoms with Crippen molar-refractivity contribution in [3.05, 3.63) is 88.6 Å². The molecule has 15 heteroatoms. The van der Waals surface area contributed by atoms with Crippen molar-refractivity contribution in [2.24, 2.45) is 0 Å². The Hall–Kier alpha value is -4.69. The van der Waals surface area contributed by atoms with Crippen LogP contribution in [0.5, 0.6) is 5.75 Å². The van der Waals surface area contributed by atoms with Gasteiger partial charge in [0.1, 0.15) is 40.1 Å². The van der Waals surface area contributed by atoms with Gasteiger partial charge in [0.2, 0.25) is 0 Å². The second kappa shape index (κ2) is 15.7. The third-order valence-corrected chi connectivity index (χ3v) is 10.4. The first-order valence-corrected chi connectivity index (χ1v) is 18.8. The number of carbonyl (C=O) groups excluding carboxylic acids is 1. The van der Waals surface area contributed by atoms with E-state index < -0.39 is 6.10 Å². The molecule has 1 unspecified atom stereocenters. The molecule has 53 heavy (non-hydrogen) atoms. The molecule has 1 amide bonds. The summed E-state index contributed by atoms with van der Waals surface area (Å²) in [7, 11) is 0. The Labute approximate surface area is 319 Å². The van der Waals surface area contributed by atoms with Crippen molar-refractivity contribution in [1.82, 2.24) is 30.8 Å². The average molecular weight is 760 g/mol. The van der Waals surface area contributed by atoms with Crippen LogP contribution < -0.4 is 40.8 Å². The van der Waals surface area contributed by atoms with Gasteiger partial charge in [-0.3, -0.25) is 9.89 Å². The van der Waals surface area contributed by atoms with Crippen molar-refractivity contribution in [3.8, 4) is 5.75 Å². The van der Waals surface area contributed by atoms with Crippen LogP contribution in [0.1, 0.15) is 56.3 Å². The molecule has 0 bridgehead atoms. The number of fused-ring (bicyclic) bond motifs is 1. The number of rotatable bonds is 10. The van der Waals surface area contributed by atoms with Gasteiger partial charge in [0.15, 0.2) is 18.1 Å². The van der Waals surface area contributed by atoms with E-state index in [9.17, 15) is 4.79 Å². The van der Waals surface area contributed by atoms with Crippen molar-refractivity contribution in [2.75, 3.05) is 47.0 Å². The Morgan fingerprint density at radius 1 is 0.943 bits per heavy atom. The van der Waals surface area contributed by atoms with Gasteiger partial charge >= 0.3 is 0 Å². The number of hydrogen-bond donors (Lipinski definition) is 5. The van der Waals surface area contributed by atoms with E-state index in [-0.39, 0.29) is 17.6 Å². The molecule has 2 fully saturated rings. The molecule has 5 aromatic rings. The lowest BCUT2D eigenvalue weighted by Gasteiger charge is -2.38. The average Bonchev–Trinajstić information content (AvgIpc) is 3.54. The van der Waals surface area contributed by atoms with Crippen molar-refractivity contribution < 1.29 is 14.1 Å². The molecule has 1 aromatic carbocycles. The van der Waals surface area contributed by atoms with E-state index in [1.165, 1.54) is 0 Å². The predicted molar refractivity (Wildman–Crippen MR) is 210 cm³/mol. The summed E-state index contributed by atoms with van der Waals surface area (Å²) in [6.45, 7) is 12.7. The Balaban J connectivity index is 0.981. The molecule has 278 valence electrons. The Bertz CT molecular complexity index is 2030. The quantitative estimate of drug-likeness (QED) is 0.118. The van der Waals surface area contributed by atoms with E-state index in [2.05, 4.69) is 66.7 Å². The fourth-order valence-corrected chi connectivity index (χ4v) is 8.23. The zero-order valence-electron chi connectivity index (χ0n) is 30.3. The standard InChI is InChI=1S/C38H45Cl2N11O2/c1-22-16-50(17-23(2)44-22)28-6-10-35(43-15-28)46-38(52)37-30-13-29(7-8-33(30)47-48-37)53-25(4)36-31(39)20-49(21-32(36)40)12-11-26-19-51(18-24(3)45-26)27-5-9-34(41)42-14-27/h5-10,13-15,20-26,44-45H,11-12,16-19H2,1-4H3,(H3-,41,42,43,46,47,48,52)/p+1/t22-,23+,24-,25?,26+/m1/s1. The van der Waals surface area contributed by atoms with E-state index in [4.69, 9.17) is 33.7 Å². The van der Waals surface area contributed by atoms with Gasteiger partial charge in [-0.1, -0.05) is 23.2 Å². The zero-order valence-corrected chi connectivity index (χ0v) is 31.8. The summed E-state index contributed by atoms with van der Waals surface area (Å²) in [5.41, 5.74) is 9.50. The van der Waals surface area contributed by atoms with Gasteiger partial charge in [-0.2, -0.15) is 5.10 Å². The van der Waals surface area contributed by atoms with E-state index in [0.29, 0.717) is 62.0 Å². The number of pyridine rings is 3. The normalized spacial score (nSPS) is 21.1. The molecule has 4 aromatic heterocycles. The highest BCUT2D eigenvalue weighted by atomic mass is 35.5. The molecule has 0 radical (unpaired) electrons. The molecule has 13 nitrogen and oxygen atoms in total. The fourth-order valence-electron chi connectivity index (χ4n) is 7.42. The Morgan fingerprint density at radius 3 is 2.26 bits per heavy atom. The van der Waals surface area contributed by atoms with Crippen LogP contribution in [0, 0.1) is 0 Å². The molecule has 0 saturated carbocycles. The number of nitrogens with one attached hydrogen (secondary N) is 4. The molecular weight excluding hydrogens is 713 g/mol. The lowest BCUT2D eigenvalue weighted by atomic mass is 10.1. The van der Waals surface area contributed by atoms with Crippen molar-refractivity contribution in [1.29, 1.82) is 0 Å². The maximum absolute atomic E-state index is 13.4. The second-order valence-electron chi connectivity index (χ2n) is 14.3. The minimum atomic E-state index is -0.474. The van der Waals surface area contributed by atoms with Gasteiger partial charge in [0.25, 0.3) is 5.91 Å². The minimum absolute atomic E-state index is 0.237. The minimum Gasteiger partial charge on any atom is -0.486 e. The smallest absolute Gasteiger partial charge is 0.277 e. The van der Waals surface area contributed by atoms with Crippen LogP contribution >= 0.6 is 23.2 Å². The summed E-state index contributed by atoms with van der Waals surface area (Å²) in [4.78, 5) is 26.8. The third kappa shape index (κ3) is 8.59. The number of hydrogen-bond acceptors (Lipinski definition) is 10. The van der Waals surface area contributed by atoms with E-state index in [1.807, 2.05) is 66.5 Å². The summed E-state index contributed by atoms with van der Waals surface area (Å²) in [5.74, 6) is 1.13. The summed E-state index contributed by atoms with van der Waals surface area (Å²) in [6, 6.07) is 14.4. The number of halogens is 2. The van der Waals surface area contributed by atoms with Crippen molar-refractivity contribution >= 4 is 63.0 Å². The summed E-state index contributed by atoms with van der Waals surface area (Å²) >= 11 is 13.7. The number of anilines is 4. The fraction of sp³-hybridized carbons (Fsp3) is 0.395. The number of carbonyl (C=O) groups is 1. The molecule has 6 N–H and O–H groups in total. The van der Waals surface area contributed by atoms with Crippen LogP contribution in [0.25, 0.3) is 10.9 Å². The van der Waals surface area contributed by atoms with Crippen LogP contribution in [0.2, 0.25) is 10.0 Å². The second-order valence-corrected chi connectivity index (χ2v) is 15.1. The predicted octanol–water partition coefficient (Wildman–Crippen LogP) is 5.37. The molecule has 5 atom stereocenters. The number of benzene rings is 1. The van der Waals surface area contributed by atoms with E-state index in [1.54, 1.807) is 12.3 Å². The van der Waals surface area contributed by atoms with Crippen LogP contribution in [0.3, 0.4) is 0 Å². The summed E-state index contributed by atoms with van der Waals surface area (Å²) in [5, 5.41) is 19.0. The first-order chi connectivity index (χ1) is 25.5. The zero-order chi connectivity index (χ0) is 37.2. The van der Waals surface area contributed by atoms with Gasteiger partial charge in [0, 0.05) is 67.7 Å². The number of aryl methyl sites for hydroxylation is 1. The largest absolute Gasteiger partial charge is 0.486 e. The number of piperazine rings is 2. The van der Waals surface area contributed by atoms with Crippen LogP contribution in [0.15, 0.2) is 67.3 Å². The molecule has 2 aliphatic rings. The van der Waals surface area contributed by atoms with Gasteiger partial charge in [-0.25, -0.2) is 14.5 Å². The Kier molecular flexibility index (Phi) is 10.9. The highest BCUT2D eigenvalue weighted by Gasteiger charge is 2.27. The van der Waals surface area contributed by atoms with Crippen molar-refractivity contribution in [2.45, 2.75) is 70.9 Å². The number of amides is 1. The Morgan fingerprint density at radius 2 is 1.60 bits per heavy atom. The lowest BCUT2D eigenvalue weighted by molar-refractivity contribution is -0.697. The number of nitrogens with two attached hydrogens (primary N) is 1. The number of ether oxygens (including phenoxy) is 1. The summed E-state index contributed by atoms with van der Waals surface area (Å²) < 4.78 is 8.37. The maximum atomic E-state index is 13.4. The molecule has 6 heterocycles. The van der Waals surface area contributed by atoms with E-state index in [0.717, 1.165) is 50.5 Å². The van der Waals surface area contributed by atoms with E-state index >= 15 is 0 Å². The highest BCUT2D eigenvalue weighted by molar-refractivity contribution is 6.35. The van der Waals surface area contributed by atoms with Crippen molar-refractivity contribution in [3.63, 3.8) is 0 Å². The number of aromatic amines is 1. The number of nitrogens with zero attached hydrogens (tertiary/aromatic N) is 6. The summed E-state index contributed by atoms with van der Waals surface area (Å²) in [6.07, 6.45) is 7.81. The first kappa shape index (κ1) is 36.7. The molecule has 7 rings (SSSR count). The monoisotopic (exact) mass is 758 g/mol. The maximum Gasteiger partial charge on any atom is 0.277 e. The molecule has 0 aliphatic carbocycles. The molecule has 2 aliphatic heterocycles. The van der Waals surface area contributed by atoms with Crippen LogP contribution in [-0.4, -0.2) is 76.4 Å². The van der Waals surface area contributed by atoms with Gasteiger partial charge in [-0.05, 0) is 70.2 Å². The van der Waals surface area contributed by atoms with Gasteiger partial charge < -0.3 is 36.2 Å². The SMILES string of the molecule is CC(Oc1ccc2[nH]nc(C(=O)Nc3ccc(N4C[C@@H](C)N[C@@H](C)C4)cn3)c2c1)c1c(Cl)c[n+](CC[C@H]2CN(c3ccc(N)nc3)C[C@@H](C)N2)cc1Cl. The van der Waals surface area contributed by atoms with Crippen LogP contribution in [0.4, 0.5) is 23.0 Å².